The van der Waals surface area contributed by atoms with Crippen LogP contribution in [0.2, 0.25) is 25.7 Å². The minimum absolute atomic E-state index is 0.00959. The van der Waals surface area contributed by atoms with Crippen LogP contribution in [0.25, 0.3) is 10.9 Å². The van der Waals surface area contributed by atoms with Gasteiger partial charge < -0.3 is 31.3 Å². The van der Waals surface area contributed by atoms with E-state index in [1.54, 1.807) is 60.7 Å². The number of nitrogens with zero attached hydrogens (tertiary/aromatic N) is 7. The van der Waals surface area contributed by atoms with Crippen LogP contribution in [0.15, 0.2) is 109 Å². The van der Waals surface area contributed by atoms with Gasteiger partial charge in [0.2, 0.25) is 0 Å². The number of anilines is 2. The molecule has 0 aliphatic rings. The number of carbonyl (C=O) groups is 4. The molecule has 0 spiro atoms. The summed E-state index contributed by atoms with van der Waals surface area (Å²) < 4.78 is 85.3. The Labute approximate surface area is 375 Å². The third kappa shape index (κ3) is 14.4. The molecule has 0 unspecified atom stereocenters. The number of amides is 4. The largest absolute Gasteiger partial charge is 0.433 e. The monoisotopic (exact) mass is 936 g/mol. The highest BCUT2D eigenvalue weighted by molar-refractivity contribution is 6.76. The van der Waals surface area contributed by atoms with E-state index in [2.05, 4.69) is 45.0 Å². The number of rotatable bonds is 14. The maximum atomic E-state index is 13.4. The summed E-state index contributed by atoms with van der Waals surface area (Å²) in [6.45, 7) is 6.74. The number of nitrogens with one attached hydrogen (secondary N) is 1. The minimum atomic E-state index is -4.66. The number of alkyl halides is 6. The number of primary amides is 1. The number of pyridine rings is 3. The lowest BCUT2D eigenvalue weighted by Crippen LogP contribution is -2.39. The number of carbonyl (C=O) groups excluding carboxylic acids is 4. The molecule has 0 bridgehead atoms. The Morgan fingerprint density at radius 2 is 1.20 bits per heavy atom. The van der Waals surface area contributed by atoms with Gasteiger partial charge in [-0.05, 0) is 41.4 Å². The Bertz CT molecular complexity index is 2630. The number of ether oxygens (including phenoxy) is 1. The van der Waals surface area contributed by atoms with Crippen molar-refractivity contribution in [3.8, 4) is 0 Å². The molecule has 4 amide bonds. The highest BCUT2D eigenvalue weighted by atomic mass is 28.3. The Hall–Kier alpha value is -7.20. The third-order valence-corrected chi connectivity index (χ3v) is 11.2. The van der Waals surface area contributed by atoms with Gasteiger partial charge in [0.15, 0.2) is 0 Å². The molecule has 0 atom stereocenters. The van der Waals surface area contributed by atoms with E-state index in [1.165, 1.54) is 41.3 Å². The molecule has 5 N–H and O–H groups in total. The Morgan fingerprint density at radius 3 is 1.67 bits per heavy atom. The summed E-state index contributed by atoms with van der Waals surface area (Å²) in [4.78, 5) is 63.3. The van der Waals surface area contributed by atoms with Crippen LogP contribution in [0.3, 0.4) is 0 Å². The van der Waals surface area contributed by atoms with E-state index in [-0.39, 0.29) is 55.8 Å². The molecule has 6 rings (SSSR count). The van der Waals surface area contributed by atoms with Crippen molar-refractivity contribution in [2.75, 3.05) is 17.7 Å². The number of nitrogens with two attached hydrogens (primary N) is 2. The first kappa shape index (κ1) is 49.8. The first-order chi connectivity index (χ1) is 31.1. The molecule has 0 fully saturated rings. The fraction of sp³-hybridized carbons (Fsp3) is 0.273. The number of halogens is 6. The molecule has 0 saturated heterocycles. The van der Waals surface area contributed by atoms with Crippen LogP contribution in [0, 0.1) is 0 Å². The predicted octanol–water partition coefficient (Wildman–Crippen LogP) is 7.02. The van der Waals surface area contributed by atoms with E-state index in [9.17, 15) is 45.5 Å². The van der Waals surface area contributed by atoms with Crippen molar-refractivity contribution < 1.29 is 50.3 Å². The van der Waals surface area contributed by atoms with Crippen molar-refractivity contribution in [3.05, 3.63) is 143 Å². The quantitative estimate of drug-likeness (QED) is 0.0441. The van der Waals surface area contributed by atoms with E-state index in [0.29, 0.717) is 28.6 Å². The van der Waals surface area contributed by atoms with E-state index in [1.807, 2.05) is 0 Å². The average molecular weight is 937 g/mol. The van der Waals surface area contributed by atoms with Gasteiger partial charge in [0.1, 0.15) is 23.9 Å². The molecule has 6 aromatic rings. The number of aromatic nitrogens is 5. The molecular weight excluding hydrogens is 891 g/mol. The van der Waals surface area contributed by atoms with Gasteiger partial charge in [-0.2, -0.15) is 31.4 Å². The van der Waals surface area contributed by atoms with Gasteiger partial charge in [-0.25, -0.2) is 19.6 Å². The zero-order valence-corrected chi connectivity index (χ0v) is 36.9. The standard InChI is InChI=1S/C28H32F3N7O3Si.C16H14F3N3O2/c1-42(2,3)13-12-41-18-38-24-21(14-34-38)25(32)33-15-22(24)36-26(39)27(40)37(16-19-8-5-4-6-9-19)17-20-10-7-11-23(35-20)28(29,30)31;17-16(18,19)13-8-4-7-12(21-13)10-22(15(24)14(20)23)9-11-5-2-1-3-6-11/h4-11,14-15H,12-13,16-18H2,1-3H3,(H2,32,33)(H,36,39);1-8H,9-10H2,(H2,20,23). The summed E-state index contributed by atoms with van der Waals surface area (Å²) in [7, 11) is -1.31. The number of nitrogen functional groups attached to an aromatic ring is 1. The van der Waals surface area contributed by atoms with Crippen LogP contribution in [-0.2, 0) is 69.2 Å². The maximum absolute atomic E-state index is 13.4. The first-order valence-electron chi connectivity index (χ1n) is 20.1. The zero-order chi connectivity index (χ0) is 48.2. The normalized spacial score (nSPS) is 11.7. The molecule has 0 saturated carbocycles. The van der Waals surface area contributed by atoms with Gasteiger partial charge >= 0.3 is 36.0 Å². The summed E-state index contributed by atoms with van der Waals surface area (Å²) in [6.07, 6.45) is -6.43. The lowest BCUT2D eigenvalue weighted by atomic mass is 10.2. The summed E-state index contributed by atoms with van der Waals surface area (Å²) >= 11 is 0. The number of hydrogen-bond donors (Lipinski definition) is 3. The average Bonchev–Trinajstić information content (AvgIpc) is 3.70. The lowest BCUT2D eigenvalue weighted by Gasteiger charge is -2.22. The summed E-state index contributed by atoms with van der Waals surface area (Å²) in [6, 6.07) is 25.2. The van der Waals surface area contributed by atoms with E-state index >= 15 is 0 Å². The molecule has 2 aromatic carbocycles. The zero-order valence-electron chi connectivity index (χ0n) is 35.9. The van der Waals surface area contributed by atoms with Crippen LogP contribution in [0.4, 0.5) is 37.8 Å². The fourth-order valence-electron chi connectivity index (χ4n) is 6.16. The van der Waals surface area contributed by atoms with Crippen molar-refractivity contribution in [1.82, 2.24) is 34.5 Å². The number of hydrogen-bond acceptors (Lipinski definition) is 10. The van der Waals surface area contributed by atoms with Gasteiger partial charge in [-0.1, -0.05) is 92.4 Å². The molecule has 348 valence electrons. The summed E-state index contributed by atoms with van der Waals surface area (Å²) in [5, 5.41) is 7.36. The van der Waals surface area contributed by atoms with E-state index in [0.717, 1.165) is 28.0 Å². The lowest BCUT2D eigenvalue weighted by molar-refractivity contribution is -0.145. The summed E-state index contributed by atoms with van der Waals surface area (Å²) in [5.41, 5.74) is 10.9. The van der Waals surface area contributed by atoms with Crippen LogP contribution < -0.4 is 16.8 Å². The van der Waals surface area contributed by atoms with Crippen LogP contribution in [0.5, 0.6) is 0 Å². The molecule has 0 radical (unpaired) electrons. The molecule has 22 heteroatoms. The second kappa shape index (κ2) is 21.7. The maximum Gasteiger partial charge on any atom is 0.433 e. The Kier molecular flexibility index (Phi) is 16.3. The fourth-order valence-corrected chi connectivity index (χ4v) is 6.92. The molecule has 0 aliphatic carbocycles. The van der Waals surface area contributed by atoms with Gasteiger partial charge in [0, 0.05) is 27.8 Å². The molecule has 4 aromatic heterocycles. The Balaban J connectivity index is 0.000000288. The van der Waals surface area contributed by atoms with Gasteiger partial charge in [-0.15, -0.1) is 0 Å². The molecule has 15 nitrogen and oxygen atoms in total. The molecule has 66 heavy (non-hydrogen) atoms. The van der Waals surface area contributed by atoms with Crippen LogP contribution >= 0.6 is 0 Å². The predicted molar refractivity (Wildman–Crippen MR) is 234 cm³/mol. The van der Waals surface area contributed by atoms with Gasteiger partial charge in [0.25, 0.3) is 0 Å². The van der Waals surface area contributed by atoms with Gasteiger partial charge in [0.05, 0.1) is 53.5 Å². The van der Waals surface area contributed by atoms with Crippen molar-refractivity contribution in [2.45, 2.75) is 70.9 Å². The molecule has 4 heterocycles. The van der Waals surface area contributed by atoms with Crippen molar-refractivity contribution in [2.24, 2.45) is 5.73 Å². The second-order valence-electron chi connectivity index (χ2n) is 15.9. The van der Waals surface area contributed by atoms with Crippen LogP contribution in [0.1, 0.15) is 33.9 Å². The SMILES string of the molecule is C[Si](C)(C)CCOCn1ncc2c(N)ncc(NC(=O)C(=O)N(Cc3ccccc3)Cc3cccc(C(F)(F)F)n3)c21.NC(=O)C(=O)N(Cc1ccccc1)Cc1cccc(C(F)(F)F)n1. The smallest absolute Gasteiger partial charge is 0.383 e. The van der Waals surface area contributed by atoms with Crippen LogP contribution in [-0.4, -0.2) is 72.8 Å². The third-order valence-electron chi connectivity index (χ3n) is 9.47. The highest BCUT2D eigenvalue weighted by Crippen LogP contribution is 2.30. The van der Waals surface area contributed by atoms with Crippen molar-refractivity contribution in [3.63, 3.8) is 0 Å². The topological polar surface area (TPSA) is 205 Å². The summed E-state index contributed by atoms with van der Waals surface area (Å²) in [5.74, 6) is -3.97. The minimum Gasteiger partial charge on any atom is -0.383 e. The Morgan fingerprint density at radius 1 is 0.697 bits per heavy atom. The van der Waals surface area contributed by atoms with Crippen molar-refractivity contribution >= 4 is 54.1 Å². The second-order valence-corrected chi connectivity index (χ2v) is 21.6. The van der Waals surface area contributed by atoms with Gasteiger partial charge in [-0.3, -0.25) is 19.2 Å². The highest BCUT2D eigenvalue weighted by Gasteiger charge is 2.34. The van der Waals surface area contributed by atoms with E-state index in [4.69, 9.17) is 16.2 Å². The van der Waals surface area contributed by atoms with E-state index < -0.39 is 55.4 Å². The first-order valence-corrected chi connectivity index (χ1v) is 23.8. The molecular formula is C44H46F6N10O5Si. The molecule has 0 aliphatic heterocycles. The van der Waals surface area contributed by atoms with Crippen molar-refractivity contribution in [1.29, 1.82) is 0 Å². The number of benzene rings is 2. The number of fused-ring (bicyclic) bond motifs is 1.